The summed E-state index contributed by atoms with van der Waals surface area (Å²) in [6, 6.07) is 0. The Morgan fingerprint density at radius 1 is 1.00 bits per heavy atom. The Kier molecular flexibility index (Phi) is 3.45. The van der Waals surface area contributed by atoms with Crippen LogP contribution in [0.4, 0.5) is 27.6 Å². The molecule has 0 aliphatic rings. The molecule has 0 amide bonds. The Bertz CT molecular complexity index is 720. The Morgan fingerprint density at radius 3 is 2.05 bits per heavy atom. The summed E-state index contributed by atoms with van der Waals surface area (Å²) in [5, 5.41) is 10.7. The molecular formula is C9H2F5N5O2. The third-order valence-electron chi connectivity index (χ3n) is 2.23. The molecule has 2 rings (SSSR count). The van der Waals surface area contributed by atoms with Crippen LogP contribution in [0.15, 0.2) is 12.4 Å². The number of hydrogen-bond donors (Lipinski definition) is 0. The molecule has 2 aromatic heterocycles. The van der Waals surface area contributed by atoms with Gasteiger partial charge in [-0.2, -0.15) is 31.9 Å². The predicted octanol–water partition coefficient (Wildman–Crippen LogP) is 2.14. The number of nitro groups is 1. The summed E-state index contributed by atoms with van der Waals surface area (Å²) in [5.74, 6) is 0. The van der Waals surface area contributed by atoms with Gasteiger partial charge in [-0.1, -0.05) is 0 Å². The molecule has 21 heavy (non-hydrogen) atoms. The van der Waals surface area contributed by atoms with Crippen LogP contribution >= 0.6 is 0 Å². The fourth-order valence-electron chi connectivity index (χ4n) is 1.41. The first-order chi connectivity index (χ1) is 9.70. The number of hydrogen-bond acceptors (Lipinski definition) is 6. The minimum absolute atomic E-state index is 0.0847. The summed E-state index contributed by atoms with van der Waals surface area (Å²) in [5.41, 5.74) is -4.99. The molecule has 2 heterocycles. The van der Waals surface area contributed by atoms with Crippen molar-refractivity contribution in [1.29, 1.82) is 0 Å². The smallest absolute Gasteiger partial charge is 0.258 e. The Labute approximate surface area is 111 Å². The molecule has 0 saturated heterocycles. The number of alkyl halides is 3. The molecule has 0 spiro atoms. The van der Waals surface area contributed by atoms with E-state index < -0.39 is 45.9 Å². The van der Waals surface area contributed by atoms with E-state index >= 15 is 0 Å². The van der Waals surface area contributed by atoms with Crippen molar-refractivity contribution < 1.29 is 26.9 Å². The van der Waals surface area contributed by atoms with E-state index in [0.29, 0.717) is 6.20 Å². The summed E-state index contributed by atoms with van der Waals surface area (Å²) >= 11 is 0. The molecular weight excluding hydrogens is 305 g/mol. The van der Waals surface area contributed by atoms with Crippen LogP contribution in [0.5, 0.6) is 0 Å². The Morgan fingerprint density at radius 2 is 1.52 bits per heavy atom. The minimum atomic E-state index is -5.04. The van der Waals surface area contributed by atoms with Gasteiger partial charge >= 0.3 is 24.0 Å². The van der Waals surface area contributed by atoms with Crippen LogP contribution in [0.2, 0.25) is 0 Å². The molecule has 0 bridgehead atoms. The van der Waals surface area contributed by atoms with Gasteiger partial charge in [0.1, 0.15) is 17.5 Å². The SMILES string of the molecule is O=[N+]([O-])c1cnc(F)nc1-c1nc(F)ncc1C(F)(F)F. The maximum absolute atomic E-state index is 13.0. The van der Waals surface area contributed by atoms with E-state index in [9.17, 15) is 32.1 Å². The topological polar surface area (TPSA) is 94.7 Å². The quantitative estimate of drug-likeness (QED) is 0.365. The van der Waals surface area contributed by atoms with E-state index in [1.165, 1.54) is 0 Å². The standard InChI is InChI=1S/C9H2F5N5O2/c10-7-15-1-3(9(12,13)14)5(17-7)6-4(19(20)21)2-16-8(11)18-6/h1-2H. The van der Waals surface area contributed by atoms with Crippen LogP contribution in [0, 0.1) is 22.3 Å². The van der Waals surface area contributed by atoms with Crippen LogP contribution < -0.4 is 0 Å². The molecule has 0 N–H and O–H groups in total. The van der Waals surface area contributed by atoms with Gasteiger partial charge in [0.15, 0.2) is 5.69 Å². The van der Waals surface area contributed by atoms with Crippen molar-refractivity contribution >= 4 is 5.69 Å². The van der Waals surface area contributed by atoms with Crippen molar-refractivity contribution in [3.05, 3.63) is 40.2 Å². The molecule has 7 nitrogen and oxygen atoms in total. The average molecular weight is 307 g/mol. The maximum atomic E-state index is 13.0. The fraction of sp³-hybridized carbons (Fsp3) is 0.111. The summed E-state index contributed by atoms with van der Waals surface area (Å²) in [4.78, 5) is 20.9. The molecule has 0 atom stereocenters. The lowest BCUT2D eigenvalue weighted by molar-refractivity contribution is -0.384. The minimum Gasteiger partial charge on any atom is -0.258 e. The highest BCUT2D eigenvalue weighted by Gasteiger charge is 2.38. The van der Waals surface area contributed by atoms with Crippen molar-refractivity contribution in [3.8, 4) is 11.4 Å². The summed E-state index contributed by atoms with van der Waals surface area (Å²) in [6.07, 6.45) is -7.70. The fourth-order valence-corrected chi connectivity index (χ4v) is 1.41. The highest BCUT2D eigenvalue weighted by molar-refractivity contribution is 5.68. The number of halogens is 5. The molecule has 0 aliphatic carbocycles. The third-order valence-corrected chi connectivity index (χ3v) is 2.23. The molecule has 0 aliphatic heterocycles. The van der Waals surface area contributed by atoms with Crippen molar-refractivity contribution in [3.63, 3.8) is 0 Å². The number of aromatic nitrogens is 4. The van der Waals surface area contributed by atoms with Crippen LogP contribution in [-0.2, 0) is 6.18 Å². The Balaban J connectivity index is 2.81. The number of nitrogens with zero attached hydrogens (tertiary/aromatic N) is 5. The third kappa shape index (κ3) is 2.88. The molecule has 12 heteroatoms. The van der Waals surface area contributed by atoms with Gasteiger partial charge in [0.25, 0.3) is 0 Å². The molecule has 2 aromatic rings. The average Bonchev–Trinajstić information content (AvgIpc) is 2.36. The zero-order chi connectivity index (χ0) is 15.8. The van der Waals surface area contributed by atoms with E-state index in [1.807, 2.05) is 0 Å². The second kappa shape index (κ2) is 4.96. The van der Waals surface area contributed by atoms with Crippen LogP contribution in [0.1, 0.15) is 5.56 Å². The van der Waals surface area contributed by atoms with Gasteiger partial charge in [0.05, 0.1) is 4.92 Å². The molecule has 0 unspecified atom stereocenters. The van der Waals surface area contributed by atoms with Gasteiger partial charge in [0.2, 0.25) is 0 Å². The first-order valence-corrected chi connectivity index (χ1v) is 4.97. The van der Waals surface area contributed by atoms with Crippen molar-refractivity contribution in [2.75, 3.05) is 0 Å². The van der Waals surface area contributed by atoms with Crippen LogP contribution in [0.25, 0.3) is 11.4 Å². The van der Waals surface area contributed by atoms with E-state index in [4.69, 9.17) is 0 Å². The second-order valence-corrected chi connectivity index (χ2v) is 3.53. The van der Waals surface area contributed by atoms with Gasteiger partial charge in [0, 0.05) is 6.20 Å². The lowest BCUT2D eigenvalue weighted by Crippen LogP contribution is -2.12. The van der Waals surface area contributed by atoms with E-state index in [0.717, 1.165) is 0 Å². The van der Waals surface area contributed by atoms with Crippen molar-refractivity contribution in [2.45, 2.75) is 6.18 Å². The lowest BCUT2D eigenvalue weighted by Gasteiger charge is -2.10. The molecule has 0 radical (unpaired) electrons. The Hall–Kier alpha value is -2.79. The first kappa shape index (κ1) is 14.6. The van der Waals surface area contributed by atoms with Crippen molar-refractivity contribution in [1.82, 2.24) is 19.9 Å². The van der Waals surface area contributed by atoms with Crippen LogP contribution in [-0.4, -0.2) is 24.9 Å². The molecule has 0 aromatic carbocycles. The summed E-state index contributed by atoms with van der Waals surface area (Å²) < 4.78 is 64.3. The van der Waals surface area contributed by atoms with Crippen molar-refractivity contribution in [2.24, 2.45) is 0 Å². The van der Waals surface area contributed by atoms with Gasteiger partial charge in [-0.15, -0.1) is 0 Å². The first-order valence-electron chi connectivity index (χ1n) is 4.97. The van der Waals surface area contributed by atoms with E-state index in [1.54, 1.807) is 0 Å². The second-order valence-electron chi connectivity index (χ2n) is 3.53. The largest absolute Gasteiger partial charge is 0.420 e. The zero-order valence-electron chi connectivity index (χ0n) is 9.60. The van der Waals surface area contributed by atoms with Gasteiger partial charge in [-0.05, 0) is 0 Å². The zero-order valence-corrected chi connectivity index (χ0v) is 9.60. The predicted molar refractivity (Wildman–Crippen MR) is 54.6 cm³/mol. The van der Waals surface area contributed by atoms with E-state index in [-0.39, 0.29) is 6.20 Å². The maximum Gasteiger partial charge on any atom is 0.420 e. The van der Waals surface area contributed by atoms with Gasteiger partial charge in [-0.25, -0.2) is 9.97 Å². The molecule has 0 saturated carbocycles. The number of rotatable bonds is 2. The van der Waals surface area contributed by atoms with Crippen LogP contribution in [0.3, 0.4) is 0 Å². The highest BCUT2D eigenvalue weighted by atomic mass is 19.4. The normalized spacial score (nSPS) is 11.5. The lowest BCUT2D eigenvalue weighted by atomic mass is 10.1. The molecule has 0 fully saturated rings. The van der Waals surface area contributed by atoms with E-state index in [2.05, 4.69) is 19.9 Å². The molecule has 110 valence electrons. The van der Waals surface area contributed by atoms with Gasteiger partial charge in [-0.3, -0.25) is 10.1 Å². The summed E-state index contributed by atoms with van der Waals surface area (Å²) in [7, 11) is 0. The van der Waals surface area contributed by atoms with Gasteiger partial charge < -0.3 is 0 Å². The summed E-state index contributed by atoms with van der Waals surface area (Å²) in [6.45, 7) is 0. The monoisotopic (exact) mass is 307 g/mol. The highest BCUT2D eigenvalue weighted by Crippen LogP contribution is 2.37.